The van der Waals surface area contributed by atoms with Gasteiger partial charge >= 0.3 is 0 Å². The monoisotopic (exact) mass is 484 g/mol. The number of hydrogen-bond acceptors (Lipinski definition) is 8. The van der Waals surface area contributed by atoms with E-state index in [4.69, 9.17) is 4.74 Å². The molecule has 0 aliphatic carbocycles. The summed E-state index contributed by atoms with van der Waals surface area (Å²) in [5, 5.41) is 25.3. The van der Waals surface area contributed by atoms with E-state index in [1.165, 1.54) is 61.7 Å². The number of nitro benzene ring substituents is 1. The zero-order chi connectivity index (χ0) is 24.7. The summed E-state index contributed by atoms with van der Waals surface area (Å²) in [6, 6.07) is 17.1. The molecule has 3 aromatic rings. The van der Waals surface area contributed by atoms with Gasteiger partial charge in [0, 0.05) is 11.6 Å². The molecule has 0 fully saturated rings. The van der Waals surface area contributed by atoms with Crippen LogP contribution in [0.3, 0.4) is 0 Å². The summed E-state index contributed by atoms with van der Waals surface area (Å²) in [6.07, 6.45) is 1.15. The molecular formula is C22H20N4O7S. The van der Waals surface area contributed by atoms with Gasteiger partial charge in [-0.15, -0.1) is 0 Å². The molecule has 0 unspecified atom stereocenters. The van der Waals surface area contributed by atoms with Crippen molar-refractivity contribution in [1.82, 2.24) is 5.43 Å². The number of methoxy groups -OCH3 is 1. The number of sulfonamides is 1. The molecule has 0 heterocycles. The molecular weight excluding hydrogens is 464 g/mol. The normalized spacial score (nSPS) is 11.2. The lowest BCUT2D eigenvalue weighted by molar-refractivity contribution is -0.384. The van der Waals surface area contributed by atoms with Crippen LogP contribution in [-0.2, 0) is 14.8 Å². The number of amides is 1. The Bertz CT molecular complexity index is 1330. The maximum absolute atomic E-state index is 13.3. The van der Waals surface area contributed by atoms with Gasteiger partial charge in [0.15, 0.2) is 11.5 Å². The largest absolute Gasteiger partial charge is 0.504 e. The molecule has 2 N–H and O–H groups in total. The second kappa shape index (κ2) is 10.4. The van der Waals surface area contributed by atoms with Gasteiger partial charge in [-0.25, -0.2) is 18.1 Å². The van der Waals surface area contributed by atoms with Crippen molar-refractivity contribution in [3.63, 3.8) is 0 Å². The minimum Gasteiger partial charge on any atom is -0.504 e. The highest BCUT2D eigenvalue weighted by Gasteiger charge is 2.31. The average Bonchev–Trinajstić information content (AvgIpc) is 2.84. The van der Waals surface area contributed by atoms with Gasteiger partial charge in [0.05, 0.1) is 23.1 Å². The Morgan fingerprint density at radius 1 is 1.12 bits per heavy atom. The van der Waals surface area contributed by atoms with E-state index in [0.29, 0.717) is 4.31 Å². The summed E-state index contributed by atoms with van der Waals surface area (Å²) in [5.41, 5.74) is 1.65. The van der Waals surface area contributed by atoms with E-state index in [9.17, 15) is 28.4 Å². The van der Waals surface area contributed by atoms with E-state index in [2.05, 4.69) is 10.5 Å². The first-order chi connectivity index (χ1) is 16.3. The fourth-order valence-electron chi connectivity index (χ4n) is 3.00. The average molecular weight is 484 g/mol. The number of phenols is 1. The Kier molecular flexibility index (Phi) is 7.43. The molecule has 0 saturated heterocycles. The molecule has 0 aliphatic rings. The standard InChI is InChI=1S/C22H20N4O7S/c1-33-20-13-7-8-16(22(20)28)14-23-24-21(27)15-25(18-11-5-6-12-19(18)26(29)30)34(31,32)17-9-3-2-4-10-17/h2-14,28H,15H2,1H3,(H,24,27)/b23-14-. The third kappa shape index (κ3) is 5.30. The van der Waals surface area contributed by atoms with Gasteiger partial charge in [-0.1, -0.05) is 36.4 Å². The molecule has 11 nitrogen and oxygen atoms in total. The Morgan fingerprint density at radius 2 is 1.79 bits per heavy atom. The van der Waals surface area contributed by atoms with Crippen molar-refractivity contribution in [3.05, 3.63) is 88.5 Å². The molecule has 176 valence electrons. The number of para-hydroxylation sites is 3. The number of hydrogen-bond donors (Lipinski definition) is 2. The Morgan fingerprint density at radius 3 is 2.47 bits per heavy atom. The fourth-order valence-corrected chi connectivity index (χ4v) is 4.45. The van der Waals surface area contributed by atoms with Crippen molar-refractivity contribution >= 4 is 33.5 Å². The summed E-state index contributed by atoms with van der Waals surface area (Å²) in [6.45, 7) is -0.788. The van der Waals surface area contributed by atoms with Gasteiger partial charge in [0.25, 0.3) is 21.6 Å². The highest BCUT2D eigenvalue weighted by molar-refractivity contribution is 7.92. The topological polar surface area (TPSA) is 151 Å². The van der Waals surface area contributed by atoms with Crippen LogP contribution in [0.1, 0.15) is 5.56 Å². The number of nitrogens with zero attached hydrogens (tertiary/aromatic N) is 3. The first kappa shape index (κ1) is 24.2. The molecule has 0 bridgehead atoms. The molecule has 34 heavy (non-hydrogen) atoms. The number of phenolic OH excluding ortho intramolecular Hbond substituents is 1. The van der Waals surface area contributed by atoms with Crippen LogP contribution in [-0.4, -0.2) is 44.2 Å². The Hall–Kier alpha value is -4.45. The first-order valence-corrected chi connectivity index (χ1v) is 11.2. The maximum Gasteiger partial charge on any atom is 0.293 e. The van der Waals surface area contributed by atoms with Crippen LogP contribution in [0.2, 0.25) is 0 Å². The summed E-state index contributed by atoms with van der Waals surface area (Å²) in [5.74, 6) is -0.862. The molecule has 3 rings (SSSR count). The zero-order valence-corrected chi connectivity index (χ0v) is 18.7. The van der Waals surface area contributed by atoms with Gasteiger partial charge in [-0.05, 0) is 30.3 Å². The van der Waals surface area contributed by atoms with Crippen LogP contribution in [0.15, 0.2) is 82.8 Å². The van der Waals surface area contributed by atoms with Crippen molar-refractivity contribution in [2.24, 2.45) is 5.10 Å². The van der Waals surface area contributed by atoms with Crippen LogP contribution in [0.25, 0.3) is 0 Å². The van der Waals surface area contributed by atoms with E-state index in [-0.39, 0.29) is 27.6 Å². The molecule has 0 aromatic heterocycles. The van der Waals surface area contributed by atoms with Crippen LogP contribution in [0, 0.1) is 10.1 Å². The quantitative estimate of drug-likeness (QED) is 0.269. The summed E-state index contributed by atoms with van der Waals surface area (Å²) in [7, 11) is -2.96. The molecule has 0 aliphatic heterocycles. The highest BCUT2D eigenvalue weighted by Crippen LogP contribution is 2.32. The van der Waals surface area contributed by atoms with Crippen LogP contribution in [0.5, 0.6) is 11.5 Å². The van der Waals surface area contributed by atoms with Gasteiger partial charge < -0.3 is 9.84 Å². The smallest absolute Gasteiger partial charge is 0.293 e. The number of ether oxygens (including phenoxy) is 1. The van der Waals surface area contributed by atoms with Crippen molar-refractivity contribution in [2.45, 2.75) is 4.90 Å². The van der Waals surface area contributed by atoms with Gasteiger partial charge in [-0.3, -0.25) is 14.9 Å². The molecule has 0 spiro atoms. The van der Waals surface area contributed by atoms with Gasteiger partial charge in [-0.2, -0.15) is 5.10 Å². The van der Waals surface area contributed by atoms with E-state index in [0.717, 1.165) is 12.3 Å². The van der Waals surface area contributed by atoms with Gasteiger partial charge in [0.1, 0.15) is 12.2 Å². The van der Waals surface area contributed by atoms with Crippen LogP contribution < -0.4 is 14.5 Å². The van der Waals surface area contributed by atoms with Crippen molar-refractivity contribution in [2.75, 3.05) is 18.0 Å². The number of rotatable bonds is 9. The zero-order valence-electron chi connectivity index (χ0n) is 17.9. The summed E-state index contributed by atoms with van der Waals surface area (Å²) < 4.78 is 32.2. The van der Waals surface area contributed by atoms with E-state index in [1.807, 2.05) is 0 Å². The lowest BCUT2D eigenvalue weighted by atomic mass is 10.2. The first-order valence-electron chi connectivity index (χ1n) is 9.74. The van der Waals surface area contributed by atoms with Gasteiger partial charge in [0.2, 0.25) is 0 Å². The number of benzene rings is 3. The van der Waals surface area contributed by atoms with E-state index >= 15 is 0 Å². The molecule has 1 amide bonds. The number of anilines is 1. The minimum atomic E-state index is -4.34. The molecule has 0 radical (unpaired) electrons. The van der Waals surface area contributed by atoms with Crippen LogP contribution >= 0.6 is 0 Å². The third-order valence-electron chi connectivity index (χ3n) is 4.61. The van der Waals surface area contributed by atoms with Crippen molar-refractivity contribution < 1.29 is 28.0 Å². The number of nitrogens with one attached hydrogen (secondary N) is 1. The van der Waals surface area contributed by atoms with Crippen molar-refractivity contribution in [1.29, 1.82) is 0 Å². The minimum absolute atomic E-state index is 0.147. The predicted octanol–water partition coefficient (Wildman–Crippen LogP) is 2.65. The summed E-state index contributed by atoms with van der Waals surface area (Å²) >= 11 is 0. The number of hydrazone groups is 1. The Balaban J connectivity index is 1.91. The lowest BCUT2D eigenvalue weighted by Gasteiger charge is -2.23. The van der Waals surface area contributed by atoms with Crippen LogP contribution in [0.4, 0.5) is 11.4 Å². The summed E-state index contributed by atoms with van der Waals surface area (Å²) in [4.78, 5) is 23.2. The number of aromatic hydroxyl groups is 1. The number of nitro groups is 1. The SMILES string of the molecule is COc1cccc(/C=N\NC(=O)CN(c2ccccc2[N+](=O)[O-])S(=O)(=O)c2ccccc2)c1O. The fraction of sp³-hybridized carbons (Fsp3) is 0.0909. The van der Waals surface area contributed by atoms with Crippen molar-refractivity contribution in [3.8, 4) is 11.5 Å². The Labute approximate surface area is 195 Å². The number of carbonyl (C=O) groups is 1. The molecule has 0 saturated carbocycles. The number of carbonyl (C=O) groups excluding carboxylic acids is 1. The molecule has 3 aromatic carbocycles. The lowest BCUT2D eigenvalue weighted by Crippen LogP contribution is -2.39. The van der Waals surface area contributed by atoms with E-state index < -0.39 is 33.1 Å². The molecule has 0 atom stereocenters. The predicted molar refractivity (Wildman–Crippen MR) is 124 cm³/mol. The van der Waals surface area contributed by atoms with E-state index in [1.54, 1.807) is 12.1 Å². The second-order valence-corrected chi connectivity index (χ2v) is 8.62. The third-order valence-corrected chi connectivity index (χ3v) is 6.38. The highest BCUT2D eigenvalue weighted by atomic mass is 32.2. The maximum atomic E-state index is 13.3. The molecule has 12 heteroatoms. The second-order valence-electron chi connectivity index (χ2n) is 6.76.